The lowest BCUT2D eigenvalue weighted by Crippen LogP contribution is -2.00. The molecule has 2 aromatic carbocycles. The van der Waals surface area contributed by atoms with E-state index in [0.29, 0.717) is 5.69 Å². The van der Waals surface area contributed by atoms with Gasteiger partial charge in [0.15, 0.2) is 5.69 Å². The minimum atomic E-state index is 0.279. The standard InChI is InChI=1S/C19H16N4O/c1-14-6-8-15(9-7-14)10-11-19-18(13-20)21-22-23(19)16-4-3-5-17(12-16)24-2/h3-12H,1-2H3/b11-10+. The Labute approximate surface area is 140 Å². The highest BCUT2D eigenvalue weighted by Crippen LogP contribution is 2.20. The highest BCUT2D eigenvalue weighted by atomic mass is 16.5. The SMILES string of the molecule is COc1cccc(-n2nnc(C#N)c2/C=C/c2ccc(C)cc2)c1. The highest BCUT2D eigenvalue weighted by Gasteiger charge is 2.12. The van der Waals surface area contributed by atoms with Crippen molar-refractivity contribution in [3.05, 3.63) is 71.0 Å². The van der Waals surface area contributed by atoms with Gasteiger partial charge in [-0.3, -0.25) is 0 Å². The van der Waals surface area contributed by atoms with E-state index in [9.17, 15) is 5.26 Å². The van der Waals surface area contributed by atoms with Crippen molar-refractivity contribution in [3.63, 3.8) is 0 Å². The molecule has 0 amide bonds. The fraction of sp³-hybridized carbons (Fsp3) is 0.105. The largest absolute Gasteiger partial charge is 0.497 e. The third-order valence-electron chi connectivity index (χ3n) is 3.62. The molecule has 0 radical (unpaired) electrons. The fourth-order valence-corrected chi connectivity index (χ4v) is 2.30. The fourth-order valence-electron chi connectivity index (χ4n) is 2.30. The molecule has 3 aromatic rings. The first kappa shape index (κ1) is 15.5. The maximum atomic E-state index is 9.29. The Morgan fingerprint density at radius 1 is 1.12 bits per heavy atom. The van der Waals surface area contributed by atoms with Crippen molar-refractivity contribution in [2.75, 3.05) is 7.11 Å². The first-order chi connectivity index (χ1) is 11.7. The number of aromatic nitrogens is 3. The van der Waals surface area contributed by atoms with Crippen molar-refractivity contribution in [1.82, 2.24) is 15.0 Å². The summed E-state index contributed by atoms with van der Waals surface area (Å²) in [5.74, 6) is 0.718. The minimum absolute atomic E-state index is 0.279. The van der Waals surface area contributed by atoms with E-state index < -0.39 is 0 Å². The Bertz CT molecular complexity index is 917. The van der Waals surface area contributed by atoms with E-state index in [1.807, 2.05) is 67.6 Å². The van der Waals surface area contributed by atoms with Crippen LogP contribution >= 0.6 is 0 Å². The van der Waals surface area contributed by atoms with Crippen molar-refractivity contribution in [2.45, 2.75) is 6.92 Å². The number of nitrogens with zero attached hydrogens (tertiary/aromatic N) is 4. The van der Waals surface area contributed by atoms with Crippen LogP contribution in [0.3, 0.4) is 0 Å². The van der Waals surface area contributed by atoms with E-state index in [-0.39, 0.29) is 5.69 Å². The lowest BCUT2D eigenvalue weighted by Gasteiger charge is -2.05. The molecule has 0 N–H and O–H groups in total. The molecule has 118 valence electrons. The summed E-state index contributed by atoms with van der Waals surface area (Å²) in [6.45, 7) is 2.04. The second-order valence-electron chi connectivity index (χ2n) is 5.29. The second-order valence-corrected chi connectivity index (χ2v) is 5.29. The molecule has 1 heterocycles. The molecule has 5 nitrogen and oxygen atoms in total. The number of aryl methyl sites for hydroxylation is 1. The van der Waals surface area contributed by atoms with Crippen LogP contribution in [0.15, 0.2) is 48.5 Å². The molecule has 5 heteroatoms. The van der Waals surface area contributed by atoms with Gasteiger partial charge in [0.25, 0.3) is 0 Å². The van der Waals surface area contributed by atoms with Crippen LogP contribution in [-0.2, 0) is 0 Å². The summed E-state index contributed by atoms with van der Waals surface area (Å²) in [4.78, 5) is 0. The van der Waals surface area contributed by atoms with Gasteiger partial charge in [0.1, 0.15) is 17.5 Å². The molecule has 1 aromatic heterocycles. The van der Waals surface area contributed by atoms with Crippen LogP contribution in [0, 0.1) is 18.3 Å². The number of ether oxygens (including phenoxy) is 1. The predicted octanol–water partition coefficient (Wildman–Crippen LogP) is 3.63. The van der Waals surface area contributed by atoms with E-state index in [1.165, 1.54) is 5.56 Å². The Hall–Kier alpha value is -3.39. The smallest absolute Gasteiger partial charge is 0.190 e. The van der Waals surface area contributed by atoms with Crippen molar-refractivity contribution >= 4 is 12.2 Å². The van der Waals surface area contributed by atoms with Crippen LogP contribution in [0.5, 0.6) is 5.75 Å². The zero-order valence-electron chi connectivity index (χ0n) is 13.5. The van der Waals surface area contributed by atoms with Crippen molar-refractivity contribution in [2.24, 2.45) is 0 Å². The molecule has 24 heavy (non-hydrogen) atoms. The third kappa shape index (κ3) is 3.18. The molecular weight excluding hydrogens is 300 g/mol. The van der Waals surface area contributed by atoms with Gasteiger partial charge >= 0.3 is 0 Å². The zero-order valence-corrected chi connectivity index (χ0v) is 13.5. The van der Waals surface area contributed by atoms with E-state index in [4.69, 9.17) is 4.74 Å². The summed E-state index contributed by atoms with van der Waals surface area (Å²) >= 11 is 0. The summed E-state index contributed by atoms with van der Waals surface area (Å²) in [5, 5.41) is 17.3. The maximum absolute atomic E-state index is 9.29. The Morgan fingerprint density at radius 3 is 2.62 bits per heavy atom. The van der Waals surface area contributed by atoms with E-state index >= 15 is 0 Å². The molecule has 0 aliphatic carbocycles. The van der Waals surface area contributed by atoms with Crippen LogP contribution in [0.4, 0.5) is 0 Å². The monoisotopic (exact) mass is 316 g/mol. The average Bonchev–Trinajstić information content (AvgIpc) is 3.04. The van der Waals surface area contributed by atoms with Gasteiger partial charge in [-0.25, -0.2) is 4.68 Å². The first-order valence-corrected chi connectivity index (χ1v) is 7.46. The second kappa shape index (κ2) is 6.80. The summed E-state index contributed by atoms with van der Waals surface area (Å²) < 4.78 is 6.88. The van der Waals surface area contributed by atoms with Gasteiger partial charge in [-0.15, -0.1) is 5.10 Å². The average molecular weight is 316 g/mol. The van der Waals surface area contributed by atoms with E-state index in [2.05, 4.69) is 16.4 Å². The van der Waals surface area contributed by atoms with Crippen molar-refractivity contribution in [3.8, 4) is 17.5 Å². The topological polar surface area (TPSA) is 63.7 Å². The lowest BCUT2D eigenvalue weighted by molar-refractivity contribution is 0.414. The predicted molar refractivity (Wildman–Crippen MR) is 92.7 cm³/mol. The van der Waals surface area contributed by atoms with Gasteiger partial charge in [0.05, 0.1) is 12.8 Å². The molecule has 0 aliphatic rings. The third-order valence-corrected chi connectivity index (χ3v) is 3.62. The number of nitriles is 1. The van der Waals surface area contributed by atoms with Gasteiger partial charge in [0.2, 0.25) is 0 Å². The summed E-state index contributed by atoms with van der Waals surface area (Å²) in [7, 11) is 1.61. The normalized spacial score (nSPS) is 10.7. The Kier molecular flexibility index (Phi) is 4.39. The minimum Gasteiger partial charge on any atom is -0.497 e. The number of hydrogen-bond donors (Lipinski definition) is 0. The van der Waals surface area contributed by atoms with Crippen LogP contribution < -0.4 is 4.74 Å². The summed E-state index contributed by atoms with van der Waals surface area (Å²) in [6, 6.07) is 17.7. The Morgan fingerprint density at radius 2 is 1.92 bits per heavy atom. The van der Waals surface area contributed by atoms with Crippen molar-refractivity contribution < 1.29 is 4.74 Å². The van der Waals surface area contributed by atoms with Gasteiger partial charge in [-0.2, -0.15) is 5.26 Å². The number of benzene rings is 2. The number of hydrogen-bond acceptors (Lipinski definition) is 4. The van der Waals surface area contributed by atoms with E-state index in [0.717, 1.165) is 17.0 Å². The van der Waals surface area contributed by atoms with Gasteiger partial charge < -0.3 is 4.74 Å². The molecule has 0 bridgehead atoms. The van der Waals surface area contributed by atoms with Crippen LogP contribution in [0.1, 0.15) is 22.5 Å². The molecule has 0 atom stereocenters. The lowest BCUT2D eigenvalue weighted by atomic mass is 10.1. The van der Waals surface area contributed by atoms with E-state index in [1.54, 1.807) is 11.8 Å². The molecule has 3 rings (SSSR count). The molecular formula is C19H16N4O. The van der Waals surface area contributed by atoms with Crippen molar-refractivity contribution in [1.29, 1.82) is 5.26 Å². The quantitative estimate of drug-likeness (QED) is 0.737. The molecule has 0 saturated carbocycles. The van der Waals surface area contributed by atoms with Crippen LogP contribution in [0.2, 0.25) is 0 Å². The number of rotatable bonds is 4. The molecule has 0 aliphatic heterocycles. The molecule has 0 unspecified atom stereocenters. The molecule has 0 spiro atoms. The Balaban J connectivity index is 2.02. The molecule has 0 saturated heterocycles. The zero-order chi connectivity index (χ0) is 16.9. The van der Waals surface area contributed by atoms with Crippen LogP contribution in [0.25, 0.3) is 17.8 Å². The van der Waals surface area contributed by atoms with Gasteiger partial charge in [-0.1, -0.05) is 47.2 Å². The van der Waals surface area contributed by atoms with Gasteiger partial charge in [0, 0.05) is 6.07 Å². The van der Waals surface area contributed by atoms with Gasteiger partial charge in [-0.05, 0) is 30.7 Å². The summed E-state index contributed by atoms with van der Waals surface area (Å²) in [6.07, 6.45) is 3.79. The van der Waals surface area contributed by atoms with Crippen LogP contribution in [-0.4, -0.2) is 22.1 Å². The highest BCUT2D eigenvalue weighted by molar-refractivity contribution is 5.71. The first-order valence-electron chi connectivity index (χ1n) is 7.46. The molecule has 0 fully saturated rings. The maximum Gasteiger partial charge on any atom is 0.190 e. The summed E-state index contributed by atoms with van der Waals surface area (Å²) in [5.41, 5.74) is 3.94. The number of methoxy groups -OCH3 is 1.